The fourth-order valence-corrected chi connectivity index (χ4v) is 2.23. The summed E-state index contributed by atoms with van der Waals surface area (Å²) in [5.41, 5.74) is -10.9. The molecule has 0 N–H and O–H groups in total. The van der Waals surface area contributed by atoms with E-state index in [0.29, 0.717) is 0 Å². The van der Waals surface area contributed by atoms with E-state index in [0.717, 1.165) is 0 Å². The fraction of sp³-hybridized carbons (Fsp3) is 0.800. The Bertz CT molecular complexity index is 369. The Morgan fingerprint density at radius 1 is 1.00 bits per heavy atom. The Balaban J connectivity index is 3.50. The first-order valence-electron chi connectivity index (χ1n) is 5.19. The van der Waals surface area contributed by atoms with E-state index >= 15 is 0 Å². The van der Waals surface area contributed by atoms with E-state index in [4.69, 9.17) is 0 Å². The van der Waals surface area contributed by atoms with Gasteiger partial charge in [0.1, 0.15) is 0 Å². The summed E-state index contributed by atoms with van der Waals surface area (Å²) < 4.78 is 128. The van der Waals surface area contributed by atoms with Gasteiger partial charge in [-0.2, -0.15) is 35.1 Å². The lowest BCUT2D eigenvalue weighted by Crippen LogP contribution is -2.68. The molecule has 10 heteroatoms. The van der Waals surface area contributed by atoms with Gasteiger partial charge in [-0.05, 0) is 12.8 Å². The van der Waals surface area contributed by atoms with Crippen LogP contribution < -0.4 is 0 Å². The lowest BCUT2D eigenvalue weighted by atomic mass is 9.78. The molecule has 0 aliphatic heterocycles. The molecular weight excluding hydrogens is 310 g/mol. The van der Waals surface area contributed by atoms with Crippen LogP contribution in [-0.4, -0.2) is 29.6 Å². The maximum Gasteiger partial charge on any atom is 0.456 e. The Kier molecular flexibility index (Phi) is 3.81. The molecule has 20 heavy (non-hydrogen) atoms. The zero-order chi connectivity index (χ0) is 16.2. The second-order valence-electron chi connectivity index (χ2n) is 4.42. The van der Waals surface area contributed by atoms with Crippen LogP contribution in [0.2, 0.25) is 0 Å². The molecule has 0 spiro atoms. The Morgan fingerprint density at radius 3 is 1.75 bits per heavy atom. The predicted octanol–water partition coefficient (Wildman–Crippen LogP) is 4.61. The van der Waals surface area contributed by atoms with Gasteiger partial charge in [-0.3, -0.25) is 0 Å². The van der Waals surface area contributed by atoms with Crippen LogP contribution in [0.1, 0.15) is 12.8 Å². The first-order valence-corrected chi connectivity index (χ1v) is 5.19. The highest BCUT2D eigenvalue weighted by molar-refractivity contribution is 5.27. The molecule has 3 unspecified atom stereocenters. The van der Waals surface area contributed by atoms with Gasteiger partial charge < -0.3 is 0 Å². The highest BCUT2D eigenvalue weighted by Crippen LogP contribution is 2.65. The molecule has 1 rings (SSSR count). The maximum absolute atomic E-state index is 14.0. The van der Waals surface area contributed by atoms with E-state index in [1.54, 1.807) is 0 Å². The highest BCUT2D eigenvalue weighted by atomic mass is 19.4. The Labute approximate surface area is 107 Å². The fourth-order valence-electron chi connectivity index (χ4n) is 2.23. The molecule has 118 valence electrons. The summed E-state index contributed by atoms with van der Waals surface area (Å²) in [7, 11) is 0. The summed E-state index contributed by atoms with van der Waals surface area (Å²) >= 11 is 0. The third kappa shape index (κ3) is 1.89. The van der Waals surface area contributed by atoms with Crippen molar-refractivity contribution in [3.05, 3.63) is 13.3 Å². The molecule has 3 atom stereocenters. The van der Waals surface area contributed by atoms with Crippen molar-refractivity contribution in [1.82, 2.24) is 0 Å². The minimum atomic E-state index is -6.67. The summed E-state index contributed by atoms with van der Waals surface area (Å²) in [5.74, 6) is -8.98. The van der Waals surface area contributed by atoms with Crippen LogP contribution in [0.15, 0.2) is 0 Å². The van der Waals surface area contributed by atoms with Gasteiger partial charge in [0, 0.05) is 12.3 Å². The van der Waals surface area contributed by atoms with E-state index in [1.165, 1.54) is 0 Å². The third-order valence-corrected chi connectivity index (χ3v) is 3.35. The SMILES string of the molecule is [CH2]CC1C[CH]C(F)(C(F)(F)C(F)(F)F)C1(F)C(F)(F)F. The van der Waals surface area contributed by atoms with Crippen molar-refractivity contribution in [2.24, 2.45) is 5.92 Å². The van der Waals surface area contributed by atoms with Gasteiger partial charge in [0.15, 0.2) is 0 Å². The van der Waals surface area contributed by atoms with E-state index < -0.39 is 54.8 Å². The lowest BCUT2D eigenvalue weighted by molar-refractivity contribution is -0.370. The number of alkyl halides is 10. The van der Waals surface area contributed by atoms with Gasteiger partial charge in [0.2, 0.25) is 11.3 Å². The van der Waals surface area contributed by atoms with Crippen molar-refractivity contribution in [3.63, 3.8) is 0 Å². The van der Waals surface area contributed by atoms with Gasteiger partial charge in [0.05, 0.1) is 0 Å². The molecule has 0 aromatic rings. The summed E-state index contributed by atoms with van der Waals surface area (Å²) in [6.45, 7) is 2.83. The predicted molar refractivity (Wildman–Crippen MR) is 47.1 cm³/mol. The molecule has 1 fully saturated rings. The summed E-state index contributed by atoms with van der Waals surface area (Å²) in [6.07, 6.45) is -15.7. The smallest absolute Gasteiger partial charge is 0.232 e. The largest absolute Gasteiger partial charge is 0.456 e. The molecule has 1 saturated carbocycles. The quantitative estimate of drug-likeness (QED) is 0.652. The minimum Gasteiger partial charge on any atom is -0.232 e. The van der Waals surface area contributed by atoms with E-state index in [1.807, 2.05) is 0 Å². The molecule has 0 saturated heterocycles. The molecule has 2 radical (unpaired) electrons. The molecule has 0 nitrogen and oxygen atoms in total. The highest BCUT2D eigenvalue weighted by Gasteiger charge is 2.87. The van der Waals surface area contributed by atoms with E-state index in [9.17, 15) is 43.9 Å². The average molecular weight is 318 g/mol. The van der Waals surface area contributed by atoms with Crippen LogP contribution in [0.5, 0.6) is 0 Å². The maximum atomic E-state index is 14.0. The van der Waals surface area contributed by atoms with Gasteiger partial charge >= 0.3 is 18.3 Å². The third-order valence-electron chi connectivity index (χ3n) is 3.35. The lowest BCUT2D eigenvalue weighted by Gasteiger charge is -2.42. The van der Waals surface area contributed by atoms with Crippen molar-refractivity contribution in [3.8, 4) is 0 Å². The first-order chi connectivity index (χ1) is 8.67. The summed E-state index contributed by atoms with van der Waals surface area (Å²) in [6, 6.07) is 0. The van der Waals surface area contributed by atoms with Gasteiger partial charge in [-0.25, -0.2) is 8.78 Å². The zero-order valence-electron chi connectivity index (χ0n) is 9.56. The van der Waals surface area contributed by atoms with Crippen LogP contribution in [0.4, 0.5) is 43.9 Å². The summed E-state index contributed by atoms with van der Waals surface area (Å²) in [5, 5.41) is 0. The topological polar surface area (TPSA) is 0 Å². The van der Waals surface area contributed by atoms with Gasteiger partial charge in [-0.1, -0.05) is 6.92 Å². The molecular formula is C10H8F10. The molecule has 0 bridgehead atoms. The average Bonchev–Trinajstić information content (AvgIpc) is 2.52. The zero-order valence-corrected chi connectivity index (χ0v) is 9.56. The molecule has 0 aromatic carbocycles. The second-order valence-corrected chi connectivity index (χ2v) is 4.42. The second kappa shape index (κ2) is 4.40. The minimum absolute atomic E-state index is 0.593. The van der Waals surface area contributed by atoms with Crippen molar-refractivity contribution in [2.45, 2.75) is 42.5 Å². The van der Waals surface area contributed by atoms with Crippen LogP contribution in [0.3, 0.4) is 0 Å². The first kappa shape index (κ1) is 17.4. The van der Waals surface area contributed by atoms with Crippen LogP contribution in [0, 0.1) is 19.3 Å². The van der Waals surface area contributed by atoms with Gasteiger partial charge in [-0.15, -0.1) is 0 Å². The van der Waals surface area contributed by atoms with E-state index in [2.05, 4.69) is 6.92 Å². The monoisotopic (exact) mass is 318 g/mol. The van der Waals surface area contributed by atoms with Crippen LogP contribution in [-0.2, 0) is 0 Å². The van der Waals surface area contributed by atoms with E-state index in [-0.39, 0.29) is 0 Å². The molecule has 0 heterocycles. The molecule has 1 aliphatic rings. The standard InChI is InChI=1S/C10H8F10/c1-2-5-3-4-6(11,7(5,12)9(15,16)17)8(13,14)10(18,19)20/h4-5H,1-3H2. The molecule has 0 amide bonds. The number of hydrogen-bond acceptors (Lipinski definition) is 0. The normalized spacial score (nSPS) is 36.5. The Morgan fingerprint density at radius 2 is 1.45 bits per heavy atom. The van der Waals surface area contributed by atoms with Crippen molar-refractivity contribution >= 4 is 0 Å². The summed E-state index contributed by atoms with van der Waals surface area (Å²) in [4.78, 5) is 0. The van der Waals surface area contributed by atoms with Crippen molar-refractivity contribution in [1.29, 1.82) is 0 Å². The molecule has 1 aliphatic carbocycles. The number of hydrogen-bond donors (Lipinski definition) is 0. The van der Waals surface area contributed by atoms with Crippen molar-refractivity contribution < 1.29 is 43.9 Å². The van der Waals surface area contributed by atoms with Crippen molar-refractivity contribution in [2.75, 3.05) is 0 Å². The Hall–Kier alpha value is -0.700. The number of rotatable bonds is 2. The van der Waals surface area contributed by atoms with Crippen LogP contribution >= 0.6 is 0 Å². The molecule has 0 aromatic heterocycles. The van der Waals surface area contributed by atoms with Gasteiger partial charge in [0.25, 0.3) is 0 Å². The van der Waals surface area contributed by atoms with Crippen LogP contribution in [0.25, 0.3) is 0 Å². The number of halogens is 10.